The van der Waals surface area contributed by atoms with Crippen molar-refractivity contribution in [3.63, 3.8) is 0 Å². The molecule has 0 saturated carbocycles. The van der Waals surface area contributed by atoms with Gasteiger partial charge < -0.3 is 24.8 Å². The van der Waals surface area contributed by atoms with Crippen molar-refractivity contribution >= 4 is 5.96 Å². The molecule has 8 heteroatoms. The number of hydrogen-bond acceptors (Lipinski definition) is 5. The Kier molecular flexibility index (Phi) is 6.75. The number of para-hydroxylation sites is 1. The fraction of sp³-hybridized carbons (Fsp3) is 0.609. The predicted octanol–water partition coefficient (Wildman–Crippen LogP) is 2.56. The first kappa shape index (κ1) is 21.6. The van der Waals surface area contributed by atoms with E-state index in [1.807, 2.05) is 30.7 Å². The smallest absolute Gasteiger partial charge is 0.192 e. The number of aromatic nitrogens is 3. The Hall–Kier alpha value is -2.61. The molecule has 0 radical (unpaired) electrons. The Morgan fingerprint density at radius 3 is 2.65 bits per heavy atom. The molecule has 4 rings (SSSR count). The summed E-state index contributed by atoms with van der Waals surface area (Å²) in [5.41, 5.74) is 1.19. The van der Waals surface area contributed by atoms with Crippen molar-refractivity contribution in [1.82, 2.24) is 30.3 Å². The van der Waals surface area contributed by atoms with Crippen LogP contribution in [-0.2, 0) is 13.6 Å². The molecule has 2 N–H and O–H groups in total. The molecular weight excluding hydrogens is 390 g/mol. The molecule has 2 aliphatic heterocycles. The predicted molar refractivity (Wildman–Crippen MR) is 122 cm³/mol. The van der Waals surface area contributed by atoms with Gasteiger partial charge in [0.2, 0.25) is 0 Å². The Labute approximate surface area is 185 Å². The number of piperidine rings is 1. The fourth-order valence-electron chi connectivity index (χ4n) is 4.28. The van der Waals surface area contributed by atoms with Crippen LogP contribution in [0, 0.1) is 6.92 Å². The van der Waals surface area contributed by atoms with E-state index in [2.05, 4.69) is 51.7 Å². The zero-order valence-corrected chi connectivity index (χ0v) is 19.1. The summed E-state index contributed by atoms with van der Waals surface area (Å²) in [7, 11) is 1.98. The first-order valence-corrected chi connectivity index (χ1v) is 11.4. The van der Waals surface area contributed by atoms with Crippen LogP contribution in [0.5, 0.6) is 5.75 Å². The van der Waals surface area contributed by atoms with Crippen molar-refractivity contribution in [2.75, 3.05) is 19.7 Å². The van der Waals surface area contributed by atoms with E-state index in [0.717, 1.165) is 55.7 Å². The summed E-state index contributed by atoms with van der Waals surface area (Å²) in [5.74, 6) is 3.55. The highest BCUT2D eigenvalue weighted by molar-refractivity contribution is 5.80. The number of fused-ring (bicyclic) bond motifs is 1. The van der Waals surface area contributed by atoms with Crippen LogP contribution in [-0.4, -0.2) is 57.4 Å². The highest BCUT2D eigenvalue weighted by Gasteiger charge is 2.25. The van der Waals surface area contributed by atoms with E-state index in [1.165, 1.54) is 5.56 Å². The third-order valence-corrected chi connectivity index (χ3v) is 6.43. The summed E-state index contributed by atoms with van der Waals surface area (Å²) in [6.45, 7) is 9.93. The average Bonchev–Trinajstić information content (AvgIpc) is 3.10. The Morgan fingerprint density at radius 1 is 1.16 bits per heavy atom. The highest BCUT2D eigenvalue weighted by atomic mass is 16.5. The normalized spacial score (nSPS) is 20.4. The van der Waals surface area contributed by atoms with Gasteiger partial charge in [-0.25, -0.2) is 4.99 Å². The lowest BCUT2D eigenvalue weighted by atomic mass is 10.0. The molecule has 168 valence electrons. The van der Waals surface area contributed by atoms with Crippen LogP contribution in [0.25, 0.3) is 0 Å². The topological polar surface area (TPSA) is 79.6 Å². The van der Waals surface area contributed by atoms with Crippen LogP contribution < -0.4 is 15.4 Å². The van der Waals surface area contributed by atoms with Crippen molar-refractivity contribution in [2.45, 2.75) is 64.7 Å². The SMILES string of the molecule is Cc1nnc(CN=C(NC2CCN(C(C)C)CC2)NC2CCOc3ccccc32)n1C. The van der Waals surface area contributed by atoms with Gasteiger partial charge in [0.1, 0.15) is 18.1 Å². The minimum Gasteiger partial charge on any atom is -0.493 e. The lowest BCUT2D eigenvalue weighted by Crippen LogP contribution is -2.50. The molecule has 2 aliphatic rings. The Morgan fingerprint density at radius 2 is 1.94 bits per heavy atom. The zero-order chi connectivity index (χ0) is 21.8. The largest absolute Gasteiger partial charge is 0.493 e. The molecule has 1 aromatic carbocycles. The number of aliphatic imine (C=N–C) groups is 1. The molecule has 1 aromatic heterocycles. The van der Waals surface area contributed by atoms with Crippen LogP contribution in [0.15, 0.2) is 29.3 Å². The molecule has 1 fully saturated rings. The van der Waals surface area contributed by atoms with Crippen molar-refractivity contribution < 1.29 is 4.74 Å². The molecule has 3 heterocycles. The molecule has 1 atom stereocenters. The van der Waals surface area contributed by atoms with Crippen molar-refractivity contribution in [1.29, 1.82) is 0 Å². The van der Waals surface area contributed by atoms with Crippen molar-refractivity contribution in [3.8, 4) is 5.75 Å². The van der Waals surface area contributed by atoms with E-state index >= 15 is 0 Å². The van der Waals surface area contributed by atoms with Gasteiger partial charge in [-0.05, 0) is 39.7 Å². The second-order valence-electron chi connectivity index (χ2n) is 8.81. The van der Waals surface area contributed by atoms with E-state index in [-0.39, 0.29) is 6.04 Å². The maximum atomic E-state index is 5.84. The molecule has 0 bridgehead atoms. The molecule has 31 heavy (non-hydrogen) atoms. The van der Waals surface area contributed by atoms with E-state index in [9.17, 15) is 0 Å². The minimum atomic E-state index is 0.174. The number of guanidine groups is 1. The van der Waals surface area contributed by atoms with Gasteiger partial charge >= 0.3 is 0 Å². The highest BCUT2D eigenvalue weighted by Crippen LogP contribution is 2.31. The van der Waals surface area contributed by atoms with E-state index in [4.69, 9.17) is 9.73 Å². The molecule has 1 saturated heterocycles. The Bertz CT molecular complexity index is 899. The molecule has 2 aromatic rings. The number of likely N-dealkylation sites (tertiary alicyclic amines) is 1. The van der Waals surface area contributed by atoms with Gasteiger partial charge in [-0.2, -0.15) is 0 Å². The summed E-state index contributed by atoms with van der Waals surface area (Å²) in [4.78, 5) is 7.44. The van der Waals surface area contributed by atoms with Crippen LogP contribution >= 0.6 is 0 Å². The lowest BCUT2D eigenvalue weighted by molar-refractivity contribution is 0.167. The number of nitrogens with zero attached hydrogens (tertiary/aromatic N) is 5. The maximum Gasteiger partial charge on any atom is 0.192 e. The van der Waals surface area contributed by atoms with E-state index < -0.39 is 0 Å². The number of benzene rings is 1. The van der Waals surface area contributed by atoms with Gasteiger partial charge in [0.25, 0.3) is 0 Å². The standard InChI is InChI=1S/C23H35N7O/c1-16(2)30-12-9-18(10-13-30)25-23(24-15-22-28-27-17(3)29(22)4)26-20-11-14-31-21-8-6-5-7-19(20)21/h5-8,16,18,20H,9-15H2,1-4H3,(H2,24,25,26). The van der Waals surface area contributed by atoms with E-state index in [0.29, 0.717) is 25.2 Å². The fourth-order valence-corrected chi connectivity index (χ4v) is 4.28. The number of ether oxygens (including phenoxy) is 1. The van der Waals surface area contributed by atoms with Crippen LogP contribution in [0.3, 0.4) is 0 Å². The lowest BCUT2D eigenvalue weighted by Gasteiger charge is -2.36. The monoisotopic (exact) mass is 425 g/mol. The molecular formula is C23H35N7O. The summed E-state index contributed by atoms with van der Waals surface area (Å²) < 4.78 is 7.83. The number of nitrogens with one attached hydrogen (secondary N) is 2. The second kappa shape index (κ2) is 9.68. The van der Waals surface area contributed by atoms with Crippen molar-refractivity contribution in [3.05, 3.63) is 41.5 Å². The van der Waals surface area contributed by atoms with Gasteiger partial charge in [-0.1, -0.05) is 18.2 Å². The first-order valence-electron chi connectivity index (χ1n) is 11.4. The van der Waals surface area contributed by atoms with Crippen LogP contribution in [0.4, 0.5) is 0 Å². The third-order valence-electron chi connectivity index (χ3n) is 6.43. The Balaban J connectivity index is 1.49. The second-order valence-corrected chi connectivity index (χ2v) is 8.81. The first-order chi connectivity index (χ1) is 15.0. The van der Waals surface area contributed by atoms with Crippen molar-refractivity contribution in [2.24, 2.45) is 12.0 Å². The average molecular weight is 426 g/mol. The number of aryl methyl sites for hydroxylation is 1. The molecule has 8 nitrogen and oxygen atoms in total. The van der Waals surface area contributed by atoms with Crippen LogP contribution in [0.1, 0.15) is 56.4 Å². The van der Waals surface area contributed by atoms with Gasteiger partial charge in [0.05, 0.1) is 12.6 Å². The summed E-state index contributed by atoms with van der Waals surface area (Å²) in [6, 6.07) is 9.45. The number of rotatable bonds is 5. The number of hydrogen-bond donors (Lipinski definition) is 2. The quantitative estimate of drug-likeness (QED) is 0.566. The molecule has 0 aliphatic carbocycles. The summed E-state index contributed by atoms with van der Waals surface area (Å²) in [5, 5.41) is 15.8. The van der Waals surface area contributed by atoms with Crippen LogP contribution in [0.2, 0.25) is 0 Å². The summed E-state index contributed by atoms with van der Waals surface area (Å²) >= 11 is 0. The van der Waals surface area contributed by atoms with Gasteiger partial charge in [0, 0.05) is 44.2 Å². The van der Waals surface area contributed by atoms with Gasteiger partial charge in [0.15, 0.2) is 11.8 Å². The molecule has 0 spiro atoms. The minimum absolute atomic E-state index is 0.174. The van der Waals surface area contributed by atoms with E-state index in [1.54, 1.807) is 0 Å². The maximum absolute atomic E-state index is 5.84. The summed E-state index contributed by atoms with van der Waals surface area (Å²) in [6.07, 6.45) is 3.14. The molecule has 0 amide bonds. The van der Waals surface area contributed by atoms with Gasteiger partial charge in [-0.15, -0.1) is 10.2 Å². The van der Waals surface area contributed by atoms with Gasteiger partial charge in [-0.3, -0.25) is 0 Å². The zero-order valence-electron chi connectivity index (χ0n) is 19.1. The third kappa shape index (κ3) is 5.18. The molecule has 1 unspecified atom stereocenters.